The van der Waals surface area contributed by atoms with Gasteiger partial charge in [0.1, 0.15) is 18.0 Å². The van der Waals surface area contributed by atoms with Gasteiger partial charge in [-0.05, 0) is 73.8 Å². The van der Waals surface area contributed by atoms with E-state index in [1.165, 1.54) is 19.3 Å². The maximum absolute atomic E-state index is 13.7. The van der Waals surface area contributed by atoms with Gasteiger partial charge in [0.15, 0.2) is 0 Å². The van der Waals surface area contributed by atoms with Crippen LogP contribution in [0.4, 0.5) is 0 Å². The van der Waals surface area contributed by atoms with E-state index in [0.29, 0.717) is 35.6 Å². The van der Waals surface area contributed by atoms with Crippen molar-refractivity contribution in [1.29, 1.82) is 0 Å². The van der Waals surface area contributed by atoms with Crippen LogP contribution >= 0.6 is 0 Å². The lowest BCUT2D eigenvalue weighted by Crippen LogP contribution is -2.60. The molecule has 5 aliphatic carbocycles. The summed E-state index contributed by atoms with van der Waals surface area (Å²) in [4.78, 5) is 41.4. The molecule has 3 N–H and O–H groups in total. The summed E-state index contributed by atoms with van der Waals surface area (Å²) in [5, 5.41) is 23.8. The Balaban J connectivity index is 1.39. The molecule has 0 spiro atoms. The van der Waals surface area contributed by atoms with Crippen LogP contribution in [0.5, 0.6) is 5.75 Å². The predicted octanol–water partition coefficient (Wildman–Crippen LogP) is 2.33. The van der Waals surface area contributed by atoms with Crippen molar-refractivity contribution in [1.82, 2.24) is 10.2 Å². The summed E-state index contributed by atoms with van der Waals surface area (Å²) in [5.74, 6) is 0.666. The van der Waals surface area contributed by atoms with Crippen molar-refractivity contribution in [2.45, 2.75) is 76.0 Å². The highest BCUT2D eigenvalue weighted by Gasteiger charge is 2.55. The van der Waals surface area contributed by atoms with Gasteiger partial charge in [-0.1, -0.05) is 25.1 Å². The maximum Gasteiger partial charge on any atom is 0.290 e. The Labute approximate surface area is 223 Å². The van der Waals surface area contributed by atoms with Crippen LogP contribution in [0.3, 0.4) is 0 Å². The molecule has 4 unspecified atom stereocenters. The zero-order chi connectivity index (χ0) is 26.6. The van der Waals surface area contributed by atoms with E-state index < -0.39 is 35.9 Å². The molecule has 1 heterocycles. The fraction of sp³-hybridized carbons (Fsp3) is 0.633. The lowest BCUT2D eigenvalue weighted by Gasteiger charge is -2.58. The lowest BCUT2D eigenvalue weighted by molar-refractivity contribution is -0.153. The summed E-state index contributed by atoms with van der Waals surface area (Å²) >= 11 is 0. The number of carbonyl (C=O) groups is 3. The molecule has 8 nitrogen and oxygen atoms in total. The number of aliphatic hydroxyl groups excluding tert-OH is 2. The van der Waals surface area contributed by atoms with Crippen molar-refractivity contribution in [3.05, 3.63) is 41.5 Å². The molecular weight excluding hydrogens is 484 g/mol. The molecule has 2 amide bonds. The number of para-hydroxylation sites is 1. The number of benzene rings is 1. The average Bonchev–Trinajstić information content (AvgIpc) is 3.29. The first-order chi connectivity index (χ1) is 18.3. The molecule has 4 bridgehead atoms. The molecule has 4 fully saturated rings. The van der Waals surface area contributed by atoms with Crippen LogP contribution < -0.4 is 10.1 Å². The molecule has 1 aliphatic heterocycles. The molecular formula is C30H38N2O6. The van der Waals surface area contributed by atoms with Crippen molar-refractivity contribution >= 4 is 17.6 Å². The molecule has 6 aliphatic rings. The molecule has 0 radical (unpaired) electrons. The van der Waals surface area contributed by atoms with Gasteiger partial charge in [-0.15, -0.1) is 0 Å². The summed E-state index contributed by atoms with van der Waals surface area (Å²) in [5.41, 5.74) is 1.15. The number of carbonyl (C=O) groups excluding carboxylic acids is 3. The Hall–Kier alpha value is -2.71. The number of ketones is 1. The number of nitrogens with zero attached hydrogens (tertiary/aromatic N) is 1. The van der Waals surface area contributed by atoms with Gasteiger partial charge in [0.2, 0.25) is 11.7 Å². The van der Waals surface area contributed by atoms with Gasteiger partial charge in [0.05, 0.1) is 18.6 Å². The van der Waals surface area contributed by atoms with Crippen molar-refractivity contribution in [3.63, 3.8) is 0 Å². The number of ether oxygens (including phenoxy) is 1. The minimum absolute atomic E-state index is 0.0539. The van der Waals surface area contributed by atoms with Gasteiger partial charge in [-0.2, -0.15) is 0 Å². The number of amides is 2. The van der Waals surface area contributed by atoms with Crippen LogP contribution in [0.25, 0.3) is 0 Å². The summed E-state index contributed by atoms with van der Waals surface area (Å²) in [6, 6.07) is 6.56. The second kappa shape index (κ2) is 9.79. The number of hydrogen-bond donors (Lipinski definition) is 3. The standard InChI is InChI=1S/C30H38N2O6/c1-2-23(34)29(37)32(16-30-13-17-9-18(14-30)11-19(10-17)15-30)22-12-21(28(36)31-7-8-33)25-20-5-3-4-6-24(20)38-27(25)26(22)35/h3-6,12,17-19,22,25-27,33,35H,2,7-11,13-16H2,1H3,(H,31,36). The van der Waals surface area contributed by atoms with Gasteiger partial charge in [0.25, 0.3) is 5.91 Å². The second-order valence-corrected chi connectivity index (χ2v) is 12.3. The summed E-state index contributed by atoms with van der Waals surface area (Å²) in [7, 11) is 0. The van der Waals surface area contributed by atoms with Gasteiger partial charge in [-0.25, -0.2) is 0 Å². The van der Waals surface area contributed by atoms with Crippen LogP contribution in [-0.2, 0) is 14.4 Å². The van der Waals surface area contributed by atoms with Crippen molar-refractivity contribution in [3.8, 4) is 5.75 Å². The molecule has 204 valence electrons. The Kier molecular flexibility index (Phi) is 6.59. The topological polar surface area (TPSA) is 116 Å². The van der Waals surface area contributed by atoms with E-state index in [0.717, 1.165) is 24.8 Å². The van der Waals surface area contributed by atoms with E-state index in [1.54, 1.807) is 17.9 Å². The van der Waals surface area contributed by atoms with Crippen LogP contribution in [0, 0.1) is 23.2 Å². The fourth-order valence-corrected chi connectivity index (χ4v) is 8.66. The Morgan fingerprint density at radius 3 is 2.37 bits per heavy atom. The fourth-order valence-electron chi connectivity index (χ4n) is 8.66. The quantitative estimate of drug-likeness (QED) is 0.452. The van der Waals surface area contributed by atoms with Gasteiger partial charge >= 0.3 is 0 Å². The zero-order valence-corrected chi connectivity index (χ0v) is 22.0. The summed E-state index contributed by atoms with van der Waals surface area (Å²) in [6.45, 7) is 1.98. The Morgan fingerprint density at radius 2 is 1.74 bits per heavy atom. The minimum atomic E-state index is -1.11. The SMILES string of the molecule is CCC(=O)C(=O)N(CC12CC3CC(CC(C3)C1)C2)C1C=C(C(=O)NCCO)C2c3ccccc3OC2C1O. The highest BCUT2D eigenvalue weighted by Crippen LogP contribution is 2.60. The third-order valence-electron chi connectivity index (χ3n) is 9.73. The van der Waals surface area contributed by atoms with Crippen LogP contribution in [0.15, 0.2) is 35.9 Å². The van der Waals surface area contributed by atoms with Crippen LogP contribution in [0.1, 0.15) is 63.4 Å². The van der Waals surface area contributed by atoms with E-state index in [2.05, 4.69) is 5.32 Å². The first-order valence-corrected chi connectivity index (χ1v) is 14.2. The number of hydrogen-bond acceptors (Lipinski definition) is 6. The van der Waals surface area contributed by atoms with Crippen LogP contribution in [-0.4, -0.2) is 70.7 Å². The van der Waals surface area contributed by atoms with Gasteiger partial charge in [-0.3, -0.25) is 14.4 Å². The van der Waals surface area contributed by atoms with E-state index in [4.69, 9.17) is 4.74 Å². The average molecular weight is 523 g/mol. The number of aliphatic hydroxyl groups is 2. The monoisotopic (exact) mass is 522 g/mol. The second-order valence-electron chi connectivity index (χ2n) is 12.3. The van der Waals surface area contributed by atoms with E-state index >= 15 is 0 Å². The largest absolute Gasteiger partial charge is 0.486 e. The molecule has 0 saturated heterocycles. The van der Waals surface area contributed by atoms with Crippen LogP contribution in [0.2, 0.25) is 0 Å². The molecule has 4 saturated carbocycles. The number of nitrogens with one attached hydrogen (secondary N) is 1. The molecule has 8 heteroatoms. The third kappa shape index (κ3) is 4.26. The molecule has 38 heavy (non-hydrogen) atoms. The maximum atomic E-state index is 13.7. The van der Waals surface area contributed by atoms with Gasteiger partial charge in [0, 0.05) is 30.6 Å². The lowest BCUT2D eigenvalue weighted by atomic mass is 9.49. The highest BCUT2D eigenvalue weighted by atomic mass is 16.5. The smallest absolute Gasteiger partial charge is 0.290 e. The summed E-state index contributed by atoms with van der Waals surface area (Å²) < 4.78 is 6.21. The van der Waals surface area contributed by atoms with Crippen molar-refractivity contribution in [2.24, 2.45) is 23.2 Å². The zero-order valence-electron chi connectivity index (χ0n) is 22.0. The first kappa shape index (κ1) is 25.6. The first-order valence-electron chi connectivity index (χ1n) is 14.2. The predicted molar refractivity (Wildman–Crippen MR) is 139 cm³/mol. The third-order valence-corrected chi connectivity index (χ3v) is 9.73. The number of Topliss-reactive ketones (excluding diaryl/α,β-unsaturated/α-hetero) is 1. The van der Waals surface area contributed by atoms with E-state index in [1.807, 2.05) is 24.3 Å². The Morgan fingerprint density at radius 1 is 1.08 bits per heavy atom. The molecule has 7 rings (SSSR count). The van der Waals surface area contributed by atoms with E-state index in [-0.39, 0.29) is 30.9 Å². The summed E-state index contributed by atoms with van der Waals surface area (Å²) in [6.07, 6.45) is 6.83. The van der Waals surface area contributed by atoms with Crippen molar-refractivity contribution < 1.29 is 29.3 Å². The molecule has 1 aromatic carbocycles. The molecule has 0 aromatic heterocycles. The molecule has 4 atom stereocenters. The molecule has 1 aromatic rings. The van der Waals surface area contributed by atoms with Crippen molar-refractivity contribution in [2.75, 3.05) is 19.7 Å². The van der Waals surface area contributed by atoms with E-state index in [9.17, 15) is 24.6 Å². The minimum Gasteiger partial charge on any atom is -0.486 e. The Bertz CT molecular complexity index is 1130. The normalized spacial score (nSPS) is 36.1. The van der Waals surface area contributed by atoms with Gasteiger partial charge < -0.3 is 25.2 Å². The number of rotatable bonds is 8. The highest BCUT2D eigenvalue weighted by molar-refractivity contribution is 6.36. The number of fused-ring (bicyclic) bond motifs is 3.